The van der Waals surface area contributed by atoms with Gasteiger partial charge in [0.15, 0.2) is 0 Å². The van der Waals surface area contributed by atoms with E-state index in [1.807, 2.05) is 14.0 Å². The first-order chi connectivity index (χ1) is 8.66. The van der Waals surface area contributed by atoms with Gasteiger partial charge in [0, 0.05) is 19.9 Å². The molecule has 0 radical (unpaired) electrons. The van der Waals surface area contributed by atoms with Crippen molar-refractivity contribution in [3.63, 3.8) is 0 Å². The van der Waals surface area contributed by atoms with Crippen molar-refractivity contribution in [1.29, 1.82) is 0 Å². The minimum absolute atomic E-state index is 0.153. The zero-order valence-corrected chi connectivity index (χ0v) is 13.6. The highest BCUT2D eigenvalue weighted by Crippen LogP contribution is 2.29. The van der Waals surface area contributed by atoms with Crippen LogP contribution in [0.1, 0.15) is 52.4 Å². The maximum absolute atomic E-state index is 12.2. The van der Waals surface area contributed by atoms with E-state index >= 15 is 0 Å². The normalized spacial score (nSPS) is 13.6. The van der Waals surface area contributed by atoms with E-state index in [0.29, 0.717) is 23.8 Å². The molecule has 3 nitrogen and oxygen atoms in total. The van der Waals surface area contributed by atoms with E-state index in [1.165, 1.54) is 0 Å². The number of hydrogen-bond acceptors (Lipinski definition) is 2. The molecule has 0 aliphatic carbocycles. The van der Waals surface area contributed by atoms with Crippen molar-refractivity contribution in [2.75, 3.05) is 0 Å². The molecule has 0 amide bonds. The fourth-order valence-electron chi connectivity index (χ4n) is 1.92. The molecule has 0 saturated heterocycles. The van der Waals surface area contributed by atoms with Gasteiger partial charge in [-0.2, -0.15) is 5.10 Å². The predicted octanol–water partition coefficient (Wildman–Crippen LogP) is 3.82. The molecule has 1 heterocycles. The molecule has 1 unspecified atom stereocenters. The van der Waals surface area contributed by atoms with E-state index in [0.717, 1.165) is 17.8 Å². The van der Waals surface area contributed by atoms with Crippen LogP contribution >= 0.6 is 11.6 Å². The van der Waals surface area contributed by atoms with E-state index in [-0.39, 0.29) is 11.2 Å². The summed E-state index contributed by atoms with van der Waals surface area (Å²) in [6.45, 7) is 10.6. The second-order valence-electron chi connectivity index (χ2n) is 6.37. The van der Waals surface area contributed by atoms with Gasteiger partial charge in [-0.1, -0.05) is 46.2 Å². The summed E-state index contributed by atoms with van der Waals surface area (Å²) in [6, 6.07) is 0. The largest absolute Gasteiger partial charge is 0.299 e. The molecule has 0 N–H and O–H groups in total. The lowest BCUT2D eigenvalue weighted by atomic mass is 9.79. The average molecular weight is 285 g/mol. The van der Waals surface area contributed by atoms with Crippen LogP contribution in [0.15, 0.2) is 0 Å². The molecule has 0 fully saturated rings. The molecular weight excluding hydrogens is 260 g/mol. The first-order valence-electron chi connectivity index (χ1n) is 6.88. The van der Waals surface area contributed by atoms with Gasteiger partial charge in [-0.05, 0) is 17.8 Å². The zero-order valence-electron chi connectivity index (χ0n) is 12.9. The lowest BCUT2D eigenvalue weighted by molar-refractivity contribution is -0.120. The van der Waals surface area contributed by atoms with Gasteiger partial charge >= 0.3 is 0 Å². The number of carbonyl (C=O) groups excluding carboxylic acids is 1. The molecule has 0 aliphatic rings. The van der Waals surface area contributed by atoms with Crippen molar-refractivity contribution in [3.05, 3.63) is 16.4 Å². The molecule has 0 saturated carbocycles. The highest BCUT2D eigenvalue weighted by molar-refractivity contribution is 6.32. The summed E-state index contributed by atoms with van der Waals surface area (Å²) in [7, 11) is 1.85. The number of aryl methyl sites for hydroxylation is 2. The highest BCUT2D eigenvalue weighted by atomic mass is 35.5. The van der Waals surface area contributed by atoms with Crippen molar-refractivity contribution in [3.8, 4) is 0 Å². The van der Waals surface area contributed by atoms with E-state index in [4.69, 9.17) is 11.6 Å². The molecule has 0 spiro atoms. The Kier molecular flexibility index (Phi) is 5.19. The molecule has 4 heteroatoms. The van der Waals surface area contributed by atoms with Crippen LogP contribution in [0.3, 0.4) is 0 Å². The molecule has 1 aromatic heterocycles. The van der Waals surface area contributed by atoms with Crippen LogP contribution < -0.4 is 0 Å². The molecule has 0 aromatic carbocycles. The Labute approximate surface area is 121 Å². The van der Waals surface area contributed by atoms with Crippen molar-refractivity contribution in [1.82, 2.24) is 9.78 Å². The van der Waals surface area contributed by atoms with Crippen LogP contribution in [-0.4, -0.2) is 15.6 Å². The monoisotopic (exact) mass is 284 g/mol. The third kappa shape index (κ3) is 4.07. The standard InChI is InChI=1S/C15H25ClN2O/c1-7-12-14(16)13(18(6)17-12)9-11(19)8-10(2)15(3,4)5/h10H,7-9H2,1-6H3. The summed E-state index contributed by atoms with van der Waals surface area (Å²) in [5.41, 5.74) is 1.86. The van der Waals surface area contributed by atoms with Crippen molar-refractivity contribution < 1.29 is 4.79 Å². The second kappa shape index (κ2) is 6.08. The van der Waals surface area contributed by atoms with Crippen molar-refractivity contribution >= 4 is 17.4 Å². The molecule has 1 rings (SSSR count). The van der Waals surface area contributed by atoms with Crippen LogP contribution in [0.5, 0.6) is 0 Å². The Morgan fingerprint density at radius 3 is 2.42 bits per heavy atom. The number of rotatable bonds is 5. The van der Waals surface area contributed by atoms with Gasteiger partial charge in [-0.15, -0.1) is 0 Å². The fourth-order valence-corrected chi connectivity index (χ4v) is 2.28. The SMILES string of the molecule is CCc1nn(C)c(CC(=O)CC(C)C(C)(C)C)c1Cl. The van der Waals surface area contributed by atoms with E-state index in [2.05, 4.69) is 32.8 Å². The lowest BCUT2D eigenvalue weighted by Crippen LogP contribution is -2.21. The summed E-state index contributed by atoms with van der Waals surface area (Å²) in [4.78, 5) is 12.2. The fraction of sp³-hybridized carbons (Fsp3) is 0.733. The van der Waals surface area contributed by atoms with Crippen LogP contribution in [0.25, 0.3) is 0 Å². The Hall–Kier alpha value is -0.830. The highest BCUT2D eigenvalue weighted by Gasteiger charge is 2.24. The second-order valence-corrected chi connectivity index (χ2v) is 6.75. The number of Topliss-reactive ketones (excluding diaryl/α,β-unsaturated/α-hetero) is 1. The van der Waals surface area contributed by atoms with Gasteiger partial charge in [0.1, 0.15) is 5.78 Å². The van der Waals surface area contributed by atoms with Gasteiger partial charge in [0.25, 0.3) is 0 Å². The first kappa shape index (κ1) is 16.2. The van der Waals surface area contributed by atoms with E-state index in [9.17, 15) is 4.79 Å². The van der Waals surface area contributed by atoms with Crippen LogP contribution in [-0.2, 0) is 24.7 Å². The Morgan fingerprint density at radius 1 is 1.42 bits per heavy atom. The van der Waals surface area contributed by atoms with Gasteiger partial charge in [-0.3, -0.25) is 9.48 Å². The van der Waals surface area contributed by atoms with Gasteiger partial charge in [0.05, 0.1) is 16.4 Å². The molecule has 108 valence electrons. The van der Waals surface area contributed by atoms with Crippen LogP contribution in [0.2, 0.25) is 5.02 Å². The van der Waals surface area contributed by atoms with Crippen LogP contribution in [0.4, 0.5) is 0 Å². The number of carbonyl (C=O) groups is 1. The number of halogens is 1. The Morgan fingerprint density at radius 2 is 2.00 bits per heavy atom. The van der Waals surface area contributed by atoms with Crippen LogP contribution in [0, 0.1) is 11.3 Å². The summed E-state index contributed by atoms with van der Waals surface area (Å²) in [6.07, 6.45) is 1.76. The minimum Gasteiger partial charge on any atom is -0.299 e. The maximum Gasteiger partial charge on any atom is 0.139 e. The average Bonchev–Trinajstić information content (AvgIpc) is 2.55. The zero-order chi connectivity index (χ0) is 14.8. The van der Waals surface area contributed by atoms with Crippen molar-refractivity contribution in [2.24, 2.45) is 18.4 Å². The van der Waals surface area contributed by atoms with Gasteiger partial charge in [0.2, 0.25) is 0 Å². The topological polar surface area (TPSA) is 34.9 Å². The summed E-state index contributed by atoms with van der Waals surface area (Å²) >= 11 is 6.26. The smallest absolute Gasteiger partial charge is 0.139 e. The third-order valence-corrected chi connectivity index (χ3v) is 4.32. The molecular formula is C15H25ClN2O. The third-order valence-electron chi connectivity index (χ3n) is 3.88. The Balaban J connectivity index is 2.76. The minimum atomic E-state index is 0.153. The molecule has 19 heavy (non-hydrogen) atoms. The molecule has 1 atom stereocenters. The maximum atomic E-state index is 12.2. The Bertz CT molecular complexity index is 457. The summed E-state index contributed by atoms with van der Waals surface area (Å²) in [5, 5.41) is 5.00. The molecule has 0 aliphatic heterocycles. The first-order valence-corrected chi connectivity index (χ1v) is 7.26. The van der Waals surface area contributed by atoms with Gasteiger partial charge < -0.3 is 0 Å². The number of aromatic nitrogens is 2. The van der Waals surface area contributed by atoms with Crippen molar-refractivity contribution in [2.45, 2.75) is 53.9 Å². The van der Waals surface area contributed by atoms with E-state index in [1.54, 1.807) is 4.68 Å². The number of ketones is 1. The number of hydrogen-bond donors (Lipinski definition) is 0. The summed E-state index contributed by atoms with van der Waals surface area (Å²) < 4.78 is 1.74. The van der Waals surface area contributed by atoms with Gasteiger partial charge in [-0.25, -0.2) is 0 Å². The predicted molar refractivity (Wildman–Crippen MR) is 79.5 cm³/mol. The number of nitrogens with zero attached hydrogens (tertiary/aromatic N) is 2. The quantitative estimate of drug-likeness (QED) is 0.824. The van der Waals surface area contributed by atoms with E-state index < -0.39 is 0 Å². The summed E-state index contributed by atoms with van der Waals surface area (Å²) in [5.74, 6) is 0.590. The molecule has 0 bridgehead atoms. The lowest BCUT2D eigenvalue weighted by Gasteiger charge is -2.26. The molecule has 1 aromatic rings.